The van der Waals surface area contributed by atoms with Crippen molar-refractivity contribution in [2.75, 3.05) is 0 Å². The highest BCUT2D eigenvalue weighted by molar-refractivity contribution is 5.87. The van der Waals surface area contributed by atoms with Gasteiger partial charge in [-0.05, 0) is 66.9 Å². The molecule has 2 N–H and O–H groups in total. The van der Waals surface area contributed by atoms with Gasteiger partial charge in [-0.2, -0.15) is 0 Å². The molecule has 3 heterocycles. The Labute approximate surface area is 187 Å². The normalized spacial score (nSPS) is 11.5. The van der Waals surface area contributed by atoms with Gasteiger partial charge in [0, 0.05) is 12.4 Å². The molecule has 5 aromatic rings. The molecule has 0 spiro atoms. The predicted molar refractivity (Wildman–Crippen MR) is 123 cm³/mol. The van der Waals surface area contributed by atoms with Crippen LogP contribution in [0.2, 0.25) is 0 Å². The monoisotopic (exact) mass is 441 g/mol. The van der Waals surface area contributed by atoms with E-state index in [0.29, 0.717) is 16.3 Å². The summed E-state index contributed by atoms with van der Waals surface area (Å²) >= 11 is 0. The van der Waals surface area contributed by atoms with Crippen molar-refractivity contribution in [2.45, 2.75) is 19.8 Å². The topological polar surface area (TPSA) is 114 Å². The smallest absolute Gasteiger partial charge is 0.344 e. The number of pyridine rings is 1. The highest BCUT2D eigenvalue weighted by Crippen LogP contribution is 2.41. The van der Waals surface area contributed by atoms with E-state index in [1.807, 2.05) is 13.8 Å². The Morgan fingerprint density at radius 2 is 1.18 bits per heavy atom. The summed E-state index contributed by atoms with van der Waals surface area (Å²) in [5, 5.41) is 22.9. The van der Waals surface area contributed by atoms with Gasteiger partial charge in [-0.3, -0.25) is 4.98 Å². The number of nitrogens with zero attached hydrogens (tertiary/aromatic N) is 1. The van der Waals surface area contributed by atoms with Crippen LogP contribution in [0.3, 0.4) is 0 Å². The molecule has 3 aromatic heterocycles. The van der Waals surface area contributed by atoms with Crippen LogP contribution in [-0.4, -0.2) is 15.2 Å². The van der Waals surface area contributed by atoms with Crippen molar-refractivity contribution in [1.82, 2.24) is 4.98 Å². The van der Waals surface area contributed by atoms with E-state index >= 15 is 0 Å². The average molecular weight is 441 g/mol. The molecule has 0 aliphatic heterocycles. The van der Waals surface area contributed by atoms with Gasteiger partial charge >= 0.3 is 11.3 Å². The summed E-state index contributed by atoms with van der Waals surface area (Å²) in [4.78, 5) is 30.3. The molecule has 0 amide bonds. The number of hydrogen-bond acceptors (Lipinski definition) is 7. The van der Waals surface area contributed by atoms with Crippen LogP contribution in [0.25, 0.3) is 21.9 Å². The number of aromatic nitrogens is 1. The Kier molecular flexibility index (Phi) is 4.74. The molecular weight excluding hydrogens is 422 g/mol. The number of fused-ring (bicyclic) bond motifs is 2. The second-order valence-corrected chi connectivity index (χ2v) is 8.02. The van der Waals surface area contributed by atoms with E-state index in [9.17, 15) is 19.8 Å². The number of rotatable bonds is 3. The van der Waals surface area contributed by atoms with Gasteiger partial charge in [0.25, 0.3) is 0 Å². The summed E-state index contributed by atoms with van der Waals surface area (Å²) in [5.41, 5.74) is 0.606. The Hall–Kier alpha value is -4.39. The summed E-state index contributed by atoms with van der Waals surface area (Å²) in [6, 6.07) is 13.3. The van der Waals surface area contributed by atoms with E-state index < -0.39 is 17.2 Å². The molecule has 5 rings (SSSR count). The minimum atomic E-state index is -1.16. The van der Waals surface area contributed by atoms with Gasteiger partial charge in [-0.1, -0.05) is 12.1 Å². The van der Waals surface area contributed by atoms with Gasteiger partial charge in [0.15, 0.2) is 0 Å². The first-order valence-electron chi connectivity index (χ1n) is 10.3. The first kappa shape index (κ1) is 20.5. The van der Waals surface area contributed by atoms with Gasteiger partial charge in [-0.25, -0.2) is 9.59 Å². The zero-order valence-corrected chi connectivity index (χ0v) is 17.8. The molecule has 7 nitrogen and oxygen atoms in total. The summed E-state index contributed by atoms with van der Waals surface area (Å²) in [5.74, 6) is -1.81. The molecule has 0 aliphatic carbocycles. The molecule has 33 heavy (non-hydrogen) atoms. The Morgan fingerprint density at radius 3 is 1.64 bits per heavy atom. The predicted octanol–water partition coefficient (Wildman–Crippen LogP) is 4.50. The molecule has 0 bridgehead atoms. The zero-order valence-electron chi connectivity index (χ0n) is 17.8. The maximum atomic E-state index is 13.1. The van der Waals surface area contributed by atoms with Gasteiger partial charge in [-0.15, -0.1) is 0 Å². The molecule has 0 unspecified atom stereocenters. The number of aryl methyl sites for hydroxylation is 2. The third-order valence-corrected chi connectivity index (χ3v) is 5.76. The van der Waals surface area contributed by atoms with E-state index in [1.54, 1.807) is 48.5 Å². The van der Waals surface area contributed by atoms with Gasteiger partial charge in [0.1, 0.15) is 22.7 Å². The van der Waals surface area contributed by atoms with Gasteiger partial charge in [0.05, 0.1) is 27.8 Å². The van der Waals surface area contributed by atoms with Crippen molar-refractivity contribution in [3.8, 4) is 11.5 Å². The SMILES string of the molecule is Cc1ccc2c(O)c(C(c3ccncc3)c3c(O)c4ccc(C)cc4oc3=O)c(=O)oc2c1. The maximum Gasteiger partial charge on any atom is 0.344 e. The fraction of sp³-hybridized carbons (Fsp3) is 0.115. The molecule has 0 fully saturated rings. The van der Waals surface area contributed by atoms with Crippen LogP contribution in [0.5, 0.6) is 11.5 Å². The van der Waals surface area contributed by atoms with Crippen LogP contribution in [0.15, 0.2) is 79.3 Å². The Bertz CT molecular complexity index is 1540. The van der Waals surface area contributed by atoms with Crippen molar-refractivity contribution in [1.29, 1.82) is 0 Å². The summed E-state index contributed by atoms with van der Waals surface area (Å²) in [6.45, 7) is 3.68. The summed E-state index contributed by atoms with van der Waals surface area (Å²) < 4.78 is 11.0. The minimum absolute atomic E-state index is 0.174. The molecule has 0 saturated heterocycles. The van der Waals surface area contributed by atoms with Crippen LogP contribution >= 0.6 is 0 Å². The van der Waals surface area contributed by atoms with E-state index in [0.717, 1.165) is 11.1 Å². The second-order valence-electron chi connectivity index (χ2n) is 8.02. The van der Waals surface area contributed by atoms with Crippen molar-refractivity contribution in [3.63, 3.8) is 0 Å². The van der Waals surface area contributed by atoms with E-state index in [-0.39, 0.29) is 33.8 Å². The Balaban J connectivity index is 1.89. The lowest BCUT2D eigenvalue weighted by Crippen LogP contribution is -2.21. The van der Waals surface area contributed by atoms with Gasteiger partial charge < -0.3 is 19.0 Å². The molecule has 0 aliphatic rings. The van der Waals surface area contributed by atoms with Crippen LogP contribution in [0, 0.1) is 13.8 Å². The summed E-state index contributed by atoms with van der Waals surface area (Å²) in [6.07, 6.45) is 2.99. The number of benzene rings is 2. The van der Waals surface area contributed by atoms with Crippen LogP contribution in [0.1, 0.15) is 33.7 Å². The van der Waals surface area contributed by atoms with E-state index in [2.05, 4.69) is 4.98 Å². The minimum Gasteiger partial charge on any atom is -0.507 e. The third kappa shape index (κ3) is 3.34. The molecule has 0 radical (unpaired) electrons. The summed E-state index contributed by atoms with van der Waals surface area (Å²) in [7, 11) is 0. The third-order valence-electron chi connectivity index (χ3n) is 5.76. The van der Waals surface area contributed by atoms with Crippen LogP contribution in [0.4, 0.5) is 0 Å². The number of aromatic hydroxyl groups is 2. The van der Waals surface area contributed by atoms with Crippen LogP contribution in [-0.2, 0) is 0 Å². The van der Waals surface area contributed by atoms with Crippen molar-refractivity contribution in [2.24, 2.45) is 0 Å². The average Bonchev–Trinajstić information content (AvgIpc) is 2.78. The lowest BCUT2D eigenvalue weighted by atomic mass is 9.85. The van der Waals surface area contributed by atoms with Crippen molar-refractivity contribution >= 4 is 21.9 Å². The Morgan fingerprint density at radius 1 is 0.727 bits per heavy atom. The fourth-order valence-electron chi connectivity index (χ4n) is 4.16. The molecule has 164 valence electrons. The standard InChI is InChI=1S/C26H19NO6/c1-13-3-5-16-18(11-13)32-25(30)21(23(16)28)20(15-7-9-27-10-8-15)22-24(29)17-6-4-14(2)12-19(17)33-26(22)31/h3-12,20,28-29H,1-2H3. The van der Waals surface area contributed by atoms with Crippen LogP contribution < -0.4 is 11.3 Å². The number of hydrogen-bond donors (Lipinski definition) is 2. The highest BCUT2D eigenvalue weighted by atomic mass is 16.4. The van der Waals surface area contributed by atoms with Gasteiger partial charge in [0.2, 0.25) is 0 Å². The lowest BCUT2D eigenvalue weighted by molar-refractivity contribution is 0.441. The first-order valence-corrected chi connectivity index (χ1v) is 10.3. The highest BCUT2D eigenvalue weighted by Gasteiger charge is 2.32. The first-order chi connectivity index (χ1) is 15.8. The maximum absolute atomic E-state index is 13.1. The van der Waals surface area contributed by atoms with E-state index in [4.69, 9.17) is 8.83 Å². The van der Waals surface area contributed by atoms with Crippen molar-refractivity contribution < 1.29 is 19.0 Å². The molecule has 0 saturated carbocycles. The zero-order chi connectivity index (χ0) is 23.3. The molecule has 0 atom stereocenters. The van der Waals surface area contributed by atoms with E-state index in [1.165, 1.54) is 12.4 Å². The quantitative estimate of drug-likeness (QED) is 0.396. The molecular formula is C26H19NO6. The second kappa shape index (κ2) is 7.63. The lowest BCUT2D eigenvalue weighted by Gasteiger charge is -2.19. The molecule has 7 heteroatoms. The fourth-order valence-corrected chi connectivity index (χ4v) is 4.16. The molecule has 2 aromatic carbocycles. The largest absolute Gasteiger partial charge is 0.507 e. The van der Waals surface area contributed by atoms with Crippen molar-refractivity contribution in [3.05, 3.63) is 110 Å².